The van der Waals surface area contributed by atoms with Crippen LogP contribution in [0.4, 0.5) is 0 Å². The molecular formula is C7H14N4O2. The molecule has 0 saturated heterocycles. The van der Waals surface area contributed by atoms with E-state index in [1.54, 1.807) is 0 Å². The highest BCUT2D eigenvalue weighted by Crippen LogP contribution is 2.11. The van der Waals surface area contributed by atoms with E-state index in [0.717, 1.165) is 0 Å². The summed E-state index contributed by atoms with van der Waals surface area (Å²) in [7, 11) is 5.32. The third-order valence-electron chi connectivity index (χ3n) is 1.49. The Labute approximate surface area is 76.7 Å². The summed E-state index contributed by atoms with van der Waals surface area (Å²) in [5, 5.41) is 3.68. The van der Waals surface area contributed by atoms with Crippen LogP contribution in [0.2, 0.25) is 0 Å². The molecule has 2 N–H and O–H groups in total. The van der Waals surface area contributed by atoms with Crippen LogP contribution in [-0.2, 0) is 0 Å². The summed E-state index contributed by atoms with van der Waals surface area (Å²) < 4.78 is 9.48. The molecule has 74 valence electrons. The highest BCUT2D eigenvalue weighted by Gasteiger charge is 2.14. The maximum Gasteiger partial charge on any atom is 0.417 e. The maximum absolute atomic E-state index is 5.78. The average molecular weight is 186 g/mol. The van der Waals surface area contributed by atoms with Gasteiger partial charge in [-0.1, -0.05) is 5.16 Å². The Bertz CT molecular complexity index is 261. The second-order valence-corrected chi connectivity index (χ2v) is 2.99. The number of nitrogens with zero attached hydrogens (tertiary/aromatic N) is 3. The minimum atomic E-state index is -0.248. The Morgan fingerprint density at radius 3 is 2.77 bits per heavy atom. The largest absolute Gasteiger partial charge is 0.452 e. The van der Waals surface area contributed by atoms with Crippen molar-refractivity contribution in [2.24, 2.45) is 5.73 Å². The molecule has 1 unspecified atom stereocenters. The lowest BCUT2D eigenvalue weighted by atomic mass is 10.3. The third-order valence-corrected chi connectivity index (χ3v) is 1.49. The molecule has 1 aromatic rings. The molecule has 1 rings (SSSR count). The average Bonchev–Trinajstić information content (AvgIpc) is 2.50. The van der Waals surface area contributed by atoms with E-state index < -0.39 is 0 Å². The minimum Gasteiger partial charge on any atom is -0.452 e. The van der Waals surface area contributed by atoms with E-state index >= 15 is 0 Å². The van der Waals surface area contributed by atoms with Crippen LogP contribution in [0, 0.1) is 0 Å². The normalized spacial score (nSPS) is 13.3. The second kappa shape index (κ2) is 4.20. The Balaban J connectivity index is 2.60. The number of likely N-dealkylation sites (N-methyl/N-ethyl adjacent to an activating group) is 1. The summed E-state index contributed by atoms with van der Waals surface area (Å²) >= 11 is 0. The molecule has 0 bridgehead atoms. The molecule has 1 atom stereocenters. The maximum atomic E-state index is 5.78. The highest BCUT2D eigenvalue weighted by atomic mass is 16.6. The van der Waals surface area contributed by atoms with Crippen LogP contribution in [0.5, 0.6) is 6.08 Å². The van der Waals surface area contributed by atoms with Gasteiger partial charge in [-0.25, -0.2) is 0 Å². The van der Waals surface area contributed by atoms with Crippen molar-refractivity contribution in [1.29, 1.82) is 0 Å². The number of hydrogen-bond donors (Lipinski definition) is 1. The van der Waals surface area contributed by atoms with E-state index in [-0.39, 0.29) is 12.1 Å². The lowest BCUT2D eigenvalue weighted by Gasteiger charge is -2.12. The van der Waals surface area contributed by atoms with Gasteiger partial charge in [0.1, 0.15) is 0 Å². The number of aromatic nitrogens is 2. The van der Waals surface area contributed by atoms with Crippen molar-refractivity contribution in [1.82, 2.24) is 15.0 Å². The van der Waals surface area contributed by atoms with Gasteiger partial charge in [0.2, 0.25) is 0 Å². The summed E-state index contributed by atoms with van der Waals surface area (Å²) in [4.78, 5) is 5.88. The second-order valence-electron chi connectivity index (χ2n) is 2.99. The molecule has 0 aliphatic rings. The Morgan fingerprint density at radius 1 is 1.62 bits per heavy atom. The van der Waals surface area contributed by atoms with Crippen LogP contribution in [-0.4, -0.2) is 42.8 Å². The van der Waals surface area contributed by atoms with E-state index in [1.807, 2.05) is 19.0 Å². The van der Waals surface area contributed by atoms with Gasteiger partial charge in [-0.2, -0.15) is 4.98 Å². The molecule has 0 fully saturated rings. The van der Waals surface area contributed by atoms with E-state index in [2.05, 4.69) is 10.1 Å². The molecule has 1 aromatic heterocycles. The lowest BCUT2D eigenvalue weighted by molar-refractivity contribution is 0.249. The van der Waals surface area contributed by atoms with Crippen molar-refractivity contribution in [3.05, 3.63) is 5.82 Å². The van der Waals surface area contributed by atoms with E-state index in [1.165, 1.54) is 7.11 Å². The zero-order chi connectivity index (χ0) is 9.84. The first-order valence-electron chi connectivity index (χ1n) is 3.91. The minimum absolute atomic E-state index is 0.143. The van der Waals surface area contributed by atoms with Crippen molar-refractivity contribution >= 4 is 0 Å². The fourth-order valence-corrected chi connectivity index (χ4v) is 0.929. The van der Waals surface area contributed by atoms with Gasteiger partial charge in [-0.3, -0.25) is 4.52 Å². The third kappa shape index (κ3) is 2.67. The van der Waals surface area contributed by atoms with Crippen LogP contribution >= 0.6 is 0 Å². The van der Waals surface area contributed by atoms with Gasteiger partial charge in [-0.15, -0.1) is 0 Å². The predicted octanol–water partition coefficient (Wildman–Crippen LogP) is -0.360. The van der Waals surface area contributed by atoms with Crippen molar-refractivity contribution in [3.63, 3.8) is 0 Å². The van der Waals surface area contributed by atoms with Gasteiger partial charge < -0.3 is 15.4 Å². The molecular weight excluding hydrogens is 172 g/mol. The topological polar surface area (TPSA) is 77.4 Å². The molecule has 6 heteroatoms. The first-order chi connectivity index (χ1) is 6.13. The Morgan fingerprint density at radius 2 is 2.31 bits per heavy atom. The first-order valence-corrected chi connectivity index (χ1v) is 3.91. The van der Waals surface area contributed by atoms with Gasteiger partial charge in [0.25, 0.3) is 0 Å². The van der Waals surface area contributed by atoms with Gasteiger partial charge in [-0.05, 0) is 14.1 Å². The molecule has 0 aliphatic heterocycles. The number of ether oxygens (including phenoxy) is 1. The fourth-order valence-electron chi connectivity index (χ4n) is 0.929. The molecule has 13 heavy (non-hydrogen) atoms. The summed E-state index contributed by atoms with van der Waals surface area (Å²) in [6.07, 6.45) is 0.143. The lowest BCUT2D eigenvalue weighted by Crippen LogP contribution is -2.26. The van der Waals surface area contributed by atoms with Crippen LogP contribution in [0.15, 0.2) is 4.52 Å². The van der Waals surface area contributed by atoms with Gasteiger partial charge in [0.05, 0.1) is 13.2 Å². The van der Waals surface area contributed by atoms with Crippen molar-refractivity contribution in [3.8, 4) is 6.08 Å². The monoisotopic (exact) mass is 186 g/mol. The van der Waals surface area contributed by atoms with Crippen molar-refractivity contribution in [2.45, 2.75) is 6.04 Å². The number of rotatable bonds is 4. The molecule has 0 spiro atoms. The molecule has 0 aliphatic carbocycles. The quantitative estimate of drug-likeness (QED) is 0.692. The molecule has 1 heterocycles. The standard InChI is InChI=1S/C7H14N4O2/c1-11(2)4-5(8)6-9-7(12-3)13-10-6/h5H,4,8H2,1-3H3. The zero-order valence-corrected chi connectivity index (χ0v) is 8.02. The Hall–Kier alpha value is -1.14. The number of methoxy groups -OCH3 is 1. The highest BCUT2D eigenvalue weighted by molar-refractivity contribution is 4.96. The SMILES string of the molecule is COc1nc(C(N)CN(C)C)no1. The van der Waals surface area contributed by atoms with E-state index in [0.29, 0.717) is 12.4 Å². The molecule has 0 radical (unpaired) electrons. The number of nitrogens with two attached hydrogens (primary N) is 1. The zero-order valence-electron chi connectivity index (χ0n) is 8.02. The van der Waals surface area contributed by atoms with E-state index in [9.17, 15) is 0 Å². The first kappa shape index (κ1) is 9.94. The summed E-state index contributed by atoms with van der Waals surface area (Å²) in [5.74, 6) is 0.463. The molecule has 0 aromatic carbocycles. The fraction of sp³-hybridized carbons (Fsp3) is 0.714. The molecule has 6 nitrogen and oxygen atoms in total. The summed E-state index contributed by atoms with van der Waals surface area (Å²) in [6, 6.07) is -0.248. The smallest absolute Gasteiger partial charge is 0.417 e. The van der Waals surface area contributed by atoms with Crippen LogP contribution in [0.1, 0.15) is 11.9 Å². The molecule has 0 amide bonds. The Kier molecular flexibility index (Phi) is 3.21. The predicted molar refractivity (Wildman–Crippen MR) is 46.3 cm³/mol. The van der Waals surface area contributed by atoms with E-state index in [4.69, 9.17) is 15.0 Å². The number of hydrogen-bond acceptors (Lipinski definition) is 6. The van der Waals surface area contributed by atoms with Crippen LogP contribution in [0.3, 0.4) is 0 Å². The van der Waals surface area contributed by atoms with Crippen molar-refractivity contribution < 1.29 is 9.26 Å². The van der Waals surface area contributed by atoms with Crippen LogP contribution in [0.25, 0.3) is 0 Å². The van der Waals surface area contributed by atoms with Gasteiger partial charge >= 0.3 is 6.08 Å². The van der Waals surface area contributed by atoms with Gasteiger partial charge in [0.15, 0.2) is 5.82 Å². The summed E-state index contributed by atoms with van der Waals surface area (Å²) in [6.45, 7) is 0.669. The van der Waals surface area contributed by atoms with Crippen molar-refractivity contribution in [2.75, 3.05) is 27.7 Å². The molecule has 0 saturated carbocycles. The van der Waals surface area contributed by atoms with Gasteiger partial charge in [0, 0.05) is 6.54 Å². The van der Waals surface area contributed by atoms with Crippen LogP contribution < -0.4 is 10.5 Å². The summed E-state index contributed by atoms with van der Waals surface area (Å²) in [5.41, 5.74) is 5.78.